The molecule has 4 rings (SSSR count). The van der Waals surface area contributed by atoms with E-state index in [9.17, 15) is 4.79 Å². The van der Waals surface area contributed by atoms with E-state index in [4.69, 9.17) is 9.41 Å². The molecule has 1 heterocycles. The van der Waals surface area contributed by atoms with Crippen LogP contribution < -0.4 is 10.6 Å². The lowest BCUT2D eigenvalue weighted by Gasteiger charge is -2.27. The number of aliphatic imine (C=N–C) groups is 1. The van der Waals surface area contributed by atoms with Gasteiger partial charge in [-0.25, -0.2) is 4.99 Å². The predicted molar refractivity (Wildman–Crippen MR) is 147 cm³/mol. The molecule has 180 valence electrons. The summed E-state index contributed by atoms with van der Waals surface area (Å²) in [6, 6.07) is 20.6. The van der Waals surface area contributed by atoms with Crippen molar-refractivity contribution in [2.45, 2.75) is 38.3 Å². The summed E-state index contributed by atoms with van der Waals surface area (Å²) < 4.78 is 5.45. The maximum Gasteiger partial charge on any atom is 0.253 e. The Hall–Kier alpha value is -2.81. The van der Waals surface area contributed by atoms with Crippen LogP contribution in [-0.4, -0.2) is 43.4 Å². The standard InChI is InChI=1S/C27H32N4O2.HI/c1-31(2)26(32)22-11-9-20(10-12-22)19-29-27(28-16-15-25-8-5-17-33-25)30-24-14-13-21-6-3-4-7-23(21)18-24;/h3-12,17,24H,13-16,18-19H2,1-2H3,(H2,28,29,30);1H. The fourth-order valence-corrected chi connectivity index (χ4v) is 4.11. The molecule has 0 spiro atoms. The molecule has 2 N–H and O–H groups in total. The van der Waals surface area contributed by atoms with Crippen molar-refractivity contribution in [3.63, 3.8) is 0 Å². The van der Waals surface area contributed by atoms with Crippen molar-refractivity contribution in [3.05, 3.63) is 94.9 Å². The lowest BCUT2D eigenvalue weighted by atomic mass is 9.88. The lowest BCUT2D eigenvalue weighted by molar-refractivity contribution is 0.0827. The van der Waals surface area contributed by atoms with E-state index >= 15 is 0 Å². The summed E-state index contributed by atoms with van der Waals surface area (Å²) in [4.78, 5) is 18.5. The van der Waals surface area contributed by atoms with Gasteiger partial charge in [0.2, 0.25) is 0 Å². The number of benzene rings is 2. The number of aryl methyl sites for hydroxylation is 1. The minimum atomic E-state index is 0. The van der Waals surface area contributed by atoms with Gasteiger partial charge < -0.3 is 20.0 Å². The van der Waals surface area contributed by atoms with Gasteiger partial charge in [0.25, 0.3) is 5.91 Å². The van der Waals surface area contributed by atoms with Crippen molar-refractivity contribution < 1.29 is 9.21 Å². The molecule has 1 aliphatic carbocycles. The Morgan fingerprint density at radius 3 is 2.53 bits per heavy atom. The van der Waals surface area contributed by atoms with Crippen molar-refractivity contribution in [1.29, 1.82) is 0 Å². The fraction of sp³-hybridized carbons (Fsp3) is 0.333. The zero-order valence-electron chi connectivity index (χ0n) is 19.8. The van der Waals surface area contributed by atoms with Crippen LogP contribution in [-0.2, 0) is 25.8 Å². The molecule has 2 aromatic carbocycles. The maximum atomic E-state index is 12.1. The van der Waals surface area contributed by atoms with Gasteiger partial charge in [0.15, 0.2) is 5.96 Å². The average Bonchev–Trinajstić information content (AvgIpc) is 3.36. The van der Waals surface area contributed by atoms with Crippen LogP contribution in [0.3, 0.4) is 0 Å². The summed E-state index contributed by atoms with van der Waals surface area (Å²) in [5.41, 5.74) is 4.61. The highest BCUT2D eigenvalue weighted by atomic mass is 127. The molecule has 6 nitrogen and oxygen atoms in total. The Morgan fingerprint density at radius 1 is 1.06 bits per heavy atom. The minimum Gasteiger partial charge on any atom is -0.469 e. The Bertz CT molecular complexity index is 1080. The van der Waals surface area contributed by atoms with Gasteiger partial charge in [0.1, 0.15) is 5.76 Å². The molecule has 0 fully saturated rings. The number of rotatable bonds is 7. The first-order valence-electron chi connectivity index (χ1n) is 11.5. The summed E-state index contributed by atoms with van der Waals surface area (Å²) in [6.07, 6.45) is 5.65. The van der Waals surface area contributed by atoms with Crippen LogP contribution >= 0.6 is 24.0 Å². The number of carbonyl (C=O) groups excluding carboxylic acids is 1. The van der Waals surface area contributed by atoms with Crippen LogP contribution in [0.2, 0.25) is 0 Å². The number of halogens is 1. The summed E-state index contributed by atoms with van der Waals surface area (Å²) in [6.45, 7) is 1.27. The first-order chi connectivity index (χ1) is 16.1. The van der Waals surface area contributed by atoms with Gasteiger partial charge >= 0.3 is 0 Å². The Morgan fingerprint density at radius 2 is 1.82 bits per heavy atom. The molecule has 1 atom stereocenters. The molecule has 3 aromatic rings. The van der Waals surface area contributed by atoms with Gasteiger partial charge in [-0.2, -0.15) is 0 Å². The largest absolute Gasteiger partial charge is 0.469 e. The minimum absolute atomic E-state index is 0. The van der Waals surface area contributed by atoms with Crippen LogP contribution in [0.1, 0.15) is 39.2 Å². The highest BCUT2D eigenvalue weighted by Gasteiger charge is 2.19. The molecule has 34 heavy (non-hydrogen) atoms. The molecular weight excluding hydrogens is 539 g/mol. The van der Waals surface area contributed by atoms with Gasteiger partial charge in [0, 0.05) is 38.7 Å². The smallest absolute Gasteiger partial charge is 0.253 e. The number of carbonyl (C=O) groups is 1. The molecule has 0 aliphatic heterocycles. The Balaban J connectivity index is 0.00000324. The number of hydrogen-bond donors (Lipinski definition) is 2. The number of hydrogen-bond acceptors (Lipinski definition) is 3. The fourth-order valence-electron chi connectivity index (χ4n) is 4.11. The van der Waals surface area contributed by atoms with E-state index in [2.05, 4.69) is 34.9 Å². The Kier molecular flexibility index (Phi) is 9.56. The highest BCUT2D eigenvalue weighted by molar-refractivity contribution is 14.0. The van der Waals surface area contributed by atoms with Crippen molar-refractivity contribution in [2.75, 3.05) is 20.6 Å². The van der Waals surface area contributed by atoms with Crippen molar-refractivity contribution in [1.82, 2.24) is 15.5 Å². The zero-order valence-corrected chi connectivity index (χ0v) is 22.1. The topological polar surface area (TPSA) is 69.9 Å². The van der Waals surface area contributed by atoms with Gasteiger partial charge in [0.05, 0.1) is 12.8 Å². The van der Waals surface area contributed by atoms with E-state index in [1.807, 2.05) is 36.4 Å². The molecule has 0 bridgehead atoms. The lowest BCUT2D eigenvalue weighted by Crippen LogP contribution is -2.46. The van der Waals surface area contributed by atoms with Crippen molar-refractivity contribution in [3.8, 4) is 0 Å². The number of furan rings is 1. The van der Waals surface area contributed by atoms with Gasteiger partial charge in [-0.05, 0) is 60.2 Å². The number of amides is 1. The van der Waals surface area contributed by atoms with Crippen LogP contribution in [0.25, 0.3) is 0 Å². The predicted octanol–water partition coefficient (Wildman–Crippen LogP) is 4.43. The zero-order chi connectivity index (χ0) is 23.0. The summed E-state index contributed by atoms with van der Waals surface area (Å²) >= 11 is 0. The SMILES string of the molecule is CN(C)C(=O)c1ccc(CN=C(NCCc2ccco2)NC2CCc3ccccc3C2)cc1.I. The van der Waals surface area contributed by atoms with Gasteiger partial charge in [-0.3, -0.25) is 4.79 Å². The second-order valence-electron chi connectivity index (χ2n) is 8.67. The summed E-state index contributed by atoms with van der Waals surface area (Å²) in [7, 11) is 3.52. The van der Waals surface area contributed by atoms with E-state index in [1.54, 1.807) is 25.3 Å². The average molecular weight is 572 g/mol. The van der Waals surface area contributed by atoms with E-state index < -0.39 is 0 Å². The summed E-state index contributed by atoms with van der Waals surface area (Å²) in [5.74, 6) is 1.76. The van der Waals surface area contributed by atoms with E-state index in [-0.39, 0.29) is 29.9 Å². The van der Waals surface area contributed by atoms with Crippen LogP contribution in [0.5, 0.6) is 0 Å². The van der Waals surface area contributed by atoms with Crippen LogP contribution in [0, 0.1) is 0 Å². The quantitative estimate of drug-likeness (QED) is 0.250. The molecule has 1 aliphatic rings. The second-order valence-corrected chi connectivity index (χ2v) is 8.67. The maximum absolute atomic E-state index is 12.1. The molecule has 0 saturated heterocycles. The van der Waals surface area contributed by atoms with Crippen molar-refractivity contribution >= 4 is 35.8 Å². The van der Waals surface area contributed by atoms with Gasteiger partial charge in [-0.1, -0.05) is 36.4 Å². The first-order valence-corrected chi connectivity index (χ1v) is 11.5. The molecule has 1 unspecified atom stereocenters. The molecular formula is C27H33IN4O2. The van der Waals surface area contributed by atoms with Crippen LogP contribution in [0.15, 0.2) is 76.3 Å². The molecule has 1 amide bonds. The Labute approximate surface area is 218 Å². The molecule has 7 heteroatoms. The number of nitrogens with one attached hydrogen (secondary N) is 2. The van der Waals surface area contributed by atoms with E-state index in [0.29, 0.717) is 18.2 Å². The van der Waals surface area contributed by atoms with Crippen LogP contribution in [0.4, 0.5) is 0 Å². The number of guanidine groups is 1. The van der Waals surface area contributed by atoms with Gasteiger partial charge in [-0.15, -0.1) is 24.0 Å². The molecule has 0 saturated carbocycles. The van der Waals surface area contributed by atoms with E-state index in [0.717, 1.165) is 49.5 Å². The third kappa shape index (κ3) is 7.09. The normalized spacial score (nSPS) is 15.1. The number of nitrogens with zero attached hydrogens (tertiary/aromatic N) is 2. The highest BCUT2D eigenvalue weighted by Crippen LogP contribution is 2.21. The third-order valence-corrected chi connectivity index (χ3v) is 5.96. The third-order valence-electron chi connectivity index (χ3n) is 5.96. The number of fused-ring (bicyclic) bond motifs is 1. The molecule has 0 radical (unpaired) electrons. The second kappa shape index (κ2) is 12.6. The summed E-state index contributed by atoms with van der Waals surface area (Å²) in [5, 5.41) is 7.10. The van der Waals surface area contributed by atoms with Crippen molar-refractivity contribution in [2.24, 2.45) is 4.99 Å². The van der Waals surface area contributed by atoms with E-state index in [1.165, 1.54) is 11.1 Å². The monoisotopic (exact) mass is 572 g/mol. The molecule has 1 aromatic heterocycles. The first kappa shape index (κ1) is 25.8.